The molecule has 1 saturated heterocycles. The van der Waals surface area contributed by atoms with Crippen molar-refractivity contribution in [3.63, 3.8) is 0 Å². The Bertz CT molecular complexity index is 609. The normalized spacial score (nSPS) is 44.8. The Kier molecular flexibility index (Phi) is 3.15. The Balaban J connectivity index is 1.72. The molecular weight excluding hydrogens is 304 g/mol. The standard InChI is InChI=1S/C13H20N6O4/c1-6-13-2-8(18(14)4-13)17-19(12(13)16-5-15-6)11-10(22)9(21)7(3-20)23-11/h2,5-7,9-11,17,20-22H,3-4,14H2,1H3/t6?,7-,9-,10-,11?,13?/m1/s1. The Labute approximate surface area is 132 Å². The second-order valence-corrected chi connectivity index (χ2v) is 6.30. The monoisotopic (exact) mass is 324 g/mol. The largest absolute Gasteiger partial charge is 0.394 e. The Morgan fingerprint density at radius 1 is 1.48 bits per heavy atom. The van der Waals surface area contributed by atoms with Crippen LogP contribution in [0.3, 0.4) is 0 Å². The van der Waals surface area contributed by atoms with Crippen LogP contribution >= 0.6 is 0 Å². The fourth-order valence-corrected chi connectivity index (χ4v) is 3.59. The van der Waals surface area contributed by atoms with Crippen LogP contribution in [0.1, 0.15) is 6.92 Å². The van der Waals surface area contributed by atoms with Crippen molar-refractivity contribution in [1.29, 1.82) is 0 Å². The van der Waals surface area contributed by atoms with Crippen molar-refractivity contribution >= 4 is 12.2 Å². The summed E-state index contributed by atoms with van der Waals surface area (Å²) >= 11 is 0. The molecule has 126 valence electrons. The molecule has 4 rings (SSSR count). The zero-order valence-electron chi connectivity index (χ0n) is 12.6. The van der Waals surface area contributed by atoms with Crippen molar-refractivity contribution in [2.75, 3.05) is 13.2 Å². The van der Waals surface area contributed by atoms with Crippen LogP contribution in [0, 0.1) is 5.41 Å². The Hall–Kier alpha value is -1.72. The minimum atomic E-state index is -1.20. The van der Waals surface area contributed by atoms with E-state index in [2.05, 4.69) is 15.4 Å². The van der Waals surface area contributed by atoms with Crippen molar-refractivity contribution in [3.05, 3.63) is 11.9 Å². The summed E-state index contributed by atoms with van der Waals surface area (Å²) in [4.78, 5) is 8.73. The molecule has 10 nitrogen and oxygen atoms in total. The first-order chi connectivity index (χ1) is 11.0. The number of aliphatic hydroxyl groups is 3. The number of hydrogen-bond acceptors (Lipinski definition) is 10. The van der Waals surface area contributed by atoms with Crippen LogP contribution in [0.5, 0.6) is 0 Å². The zero-order chi connectivity index (χ0) is 16.4. The van der Waals surface area contributed by atoms with E-state index >= 15 is 0 Å². The van der Waals surface area contributed by atoms with E-state index in [0.29, 0.717) is 18.2 Å². The van der Waals surface area contributed by atoms with Crippen LogP contribution in [0.25, 0.3) is 0 Å². The van der Waals surface area contributed by atoms with Gasteiger partial charge in [0.1, 0.15) is 36.3 Å². The number of rotatable bonds is 2. The lowest BCUT2D eigenvalue weighted by Crippen LogP contribution is -2.61. The van der Waals surface area contributed by atoms with Gasteiger partial charge in [-0.25, -0.2) is 15.8 Å². The highest BCUT2D eigenvalue weighted by molar-refractivity contribution is 5.98. The van der Waals surface area contributed by atoms with E-state index in [1.54, 1.807) is 10.0 Å². The molecule has 2 bridgehead atoms. The number of hydrazine groups is 2. The van der Waals surface area contributed by atoms with Crippen molar-refractivity contribution in [3.8, 4) is 0 Å². The predicted octanol–water partition coefficient (Wildman–Crippen LogP) is -2.91. The predicted molar refractivity (Wildman–Crippen MR) is 79.5 cm³/mol. The highest BCUT2D eigenvalue weighted by Crippen LogP contribution is 2.42. The number of ether oxygens (including phenoxy) is 1. The minimum absolute atomic E-state index is 0.0831. The first-order valence-electron chi connectivity index (χ1n) is 7.51. The maximum atomic E-state index is 10.3. The third-order valence-corrected chi connectivity index (χ3v) is 5.00. The lowest BCUT2D eigenvalue weighted by atomic mass is 9.79. The summed E-state index contributed by atoms with van der Waals surface area (Å²) in [7, 11) is 0. The van der Waals surface area contributed by atoms with Crippen molar-refractivity contribution < 1.29 is 20.1 Å². The van der Waals surface area contributed by atoms with Gasteiger partial charge in [0.2, 0.25) is 0 Å². The van der Waals surface area contributed by atoms with Crippen LogP contribution in [0.4, 0.5) is 0 Å². The molecule has 6 N–H and O–H groups in total. The zero-order valence-corrected chi connectivity index (χ0v) is 12.6. The van der Waals surface area contributed by atoms with Gasteiger partial charge in [0, 0.05) is 0 Å². The molecule has 23 heavy (non-hydrogen) atoms. The molecule has 4 heterocycles. The number of nitrogens with two attached hydrogens (primary N) is 1. The number of aliphatic hydroxyl groups excluding tert-OH is 3. The highest BCUT2D eigenvalue weighted by Gasteiger charge is 2.57. The average Bonchev–Trinajstić information content (AvgIpc) is 2.97. The second-order valence-electron chi connectivity index (χ2n) is 6.30. The summed E-state index contributed by atoms with van der Waals surface area (Å²) in [5, 5.41) is 32.7. The molecule has 6 atom stereocenters. The maximum absolute atomic E-state index is 10.3. The molecule has 0 aromatic heterocycles. The first-order valence-corrected chi connectivity index (χ1v) is 7.51. The molecule has 3 unspecified atom stereocenters. The van der Waals surface area contributed by atoms with E-state index in [-0.39, 0.29) is 12.6 Å². The molecule has 1 spiro atoms. The van der Waals surface area contributed by atoms with Gasteiger partial charge in [-0.3, -0.25) is 15.4 Å². The Morgan fingerprint density at radius 3 is 2.96 bits per heavy atom. The number of nitrogens with zero attached hydrogens (tertiary/aromatic N) is 4. The molecule has 0 aromatic rings. The van der Waals surface area contributed by atoms with Gasteiger partial charge in [0.15, 0.2) is 6.23 Å². The summed E-state index contributed by atoms with van der Waals surface area (Å²) in [5.41, 5.74) is 2.55. The smallest absolute Gasteiger partial charge is 0.178 e. The van der Waals surface area contributed by atoms with E-state index in [1.165, 1.54) is 6.34 Å². The van der Waals surface area contributed by atoms with Crippen LogP contribution in [0.2, 0.25) is 0 Å². The lowest BCUT2D eigenvalue weighted by Gasteiger charge is -2.43. The Morgan fingerprint density at radius 2 is 2.26 bits per heavy atom. The van der Waals surface area contributed by atoms with Crippen LogP contribution in [0.15, 0.2) is 21.9 Å². The van der Waals surface area contributed by atoms with E-state index in [0.717, 1.165) is 0 Å². The fraction of sp³-hybridized carbons (Fsp3) is 0.692. The topological polar surface area (TPSA) is 139 Å². The van der Waals surface area contributed by atoms with E-state index in [4.69, 9.17) is 10.6 Å². The molecule has 10 heteroatoms. The molecule has 4 aliphatic rings. The molecule has 0 aliphatic carbocycles. The number of aliphatic imine (C=N–C) groups is 2. The van der Waals surface area contributed by atoms with E-state index in [1.807, 2.05) is 13.0 Å². The molecule has 1 fully saturated rings. The molecule has 0 saturated carbocycles. The summed E-state index contributed by atoms with van der Waals surface area (Å²) in [6.07, 6.45) is -0.678. The molecular formula is C13H20N6O4. The van der Waals surface area contributed by atoms with Gasteiger partial charge < -0.3 is 20.1 Å². The molecule has 4 aliphatic heterocycles. The van der Waals surface area contributed by atoms with Crippen molar-refractivity contribution in [1.82, 2.24) is 15.4 Å². The van der Waals surface area contributed by atoms with Gasteiger partial charge in [-0.05, 0) is 13.0 Å². The lowest BCUT2D eigenvalue weighted by molar-refractivity contribution is -0.0875. The van der Waals surface area contributed by atoms with Gasteiger partial charge in [0.05, 0.1) is 24.6 Å². The second kappa shape index (κ2) is 4.89. The van der Waals surface area contributed by atoms with Crippen LogP contribution in [-0.4, -0.2) is 81.2 Å². The molecule has 0 aromatic carbocycles. The SMILES string of the molecule is CC1N=CN=C2N(C3O[C@H](CO)[C@@H](O)[C@H]3O)NC3=CC21CN3N. The minimum Gasteiger partial charge on any atom is -0.394 e. The van der Waals surface area contributed by atoms with Gasteiger partial charge in [-0.1, -0.05) is 0 Å². The van der Waals surface area contributed by atoms with Crippen molar-refractivity contribution in [2.45, 2.75) is 37.5 Å². The summed E-state index contributed by atoms with van der Waals surface area (Å²) < 4.78 is 5.62. The third-order valence-electron chi connectivity index (χ3n) is 5.00. The summed E-state index contributed by atoms with van der Waals surface area (Å²) in [6.45, 7) is 2.08. The van der Waals surface area contributed by atoms with Gasteiger partial charge in [-0.15, -0.1) is 0 Å². The molecule has 0 amide bonds. The first kappa shape index (κ1) is 14.8. The molecule has 0 radical (unpaired) electrons. The summed E-state index contributed by atoms with van der Waals surface area (Å²) in [6, 6.07) is -0.0831. The number of hydrogen-bond donors (Lipinski definition) is 5. The van der Waals surface area contributed by atoms with Gasteiger partial charge in [0.25, 0.3) is 0 Å². The van der Waals surface area contributed by atoms with E-state index in [9.17, 15) is 15.3 Å². The van der Waals surface area contributed by atoms with Crippen LogP contribution < -0.4 is 11.3 Å². The third kappa shape index (κ3) is 1.86. The maximum Gasteiger partial charge on any atom is 0.178 e. The van der Waals surface area contributed by atoms with Crippen molar-refractivity contribution in [2.24, 2.45) is 21.2 Å². The summed E-state index contributed by atoms with van der Waals surface area (Å²) in [5.74, 6) is 7.31. The van der Waals surface area contributed by atoms with Crippen LogP contribution in [-0.2, 0) is 4.74 Å². The van der Waals surface area contributed by atoms with Gasteiger partial charge >= 0.3 is 0 Å². The number of amidine groups is 1. The van der Waals surface area contributed by atoms with Gasteiger partial charge in [-0.2, -0.15) is 0 Å². The quantitative estimate of drug-likeness (QED) is 0.341. The number of nitrogens with one attached hydrogen (secondary N) is 1. The van der Waals surface area contributed by atoms with E-state index < -0.39 is 30.0 Å². The highest BCUT2D eigenvalue weighted by atomic mass is 16.6. The fourth-order valence-electron chi connectivity index (χ4n) is 3.59. The average molecular weight is 324 g/mol.